The summed E-state index contributed by atoms with van der Waals surface area (Å²) in [5, 5.41) is 38.9. The molecule has 2 unspecified atom stereocenters. The van der Waals surface area contributed by atoms with Crippen molar-refractivity contribution in [1.82, 2.24) is 74.5 Å². The van der Waals surface area contributed by atoms with Gasteiger partial charge in [-0.2, -0.15) is 0 Å². The molecule has 5 fully saturated rings. The lowest BCUT2D eigenvalue weighted by molar-refractivity contribution is -0.869. The minimum atomic E-state index is -2.43. The van der Waals surface area contributed by atoms with E-state index in [-0.39, 0.29) is 115 Å². The van der Waals surface area contributed by atoms with Crippen LogP contribution in [0.25, 0.3) is 0 Å². The van der Waals surface area contributed by atoms with Gasteiger partial charge >= 0.3 is 6.09 Å². The molecule has 0 radical (unpaired) electrons. The highest BCUT2D eigenvalue weighted by Crippen LogP contribution is 2.72. The van der Waals surface area contributed by atoms with Crippen LogP contribution in [-0.2, 0) is 109 Å². The van der Waals surface area contributed by atoms with Crippen LogP contribution in [0.5, 0.6) is 0 Å². The van der Waals surface area contributed by atoms with Gasteiger partial charge in [0, 0.05) is 54.9 Å². The van der Waals surface area contributed by atoms with Gasteiger partial charge < -0.3 is 134 Å². The Morgan fingerprint density at radius 3 is 1.83 bits per heavy atom. The van der Waals surface area contributed by atoms with Gasteiger partial charge in [0.1, 0.15) is 37.0 Å². The third kappa shape index (κ3) is 32.6. The standard InChI is InChI=1S/C96H161F2N15O25/c1-11-17-86-137-82-60-71-72-59-74(97)73-58-67(114)25-28-93(73,5)95(72,98)80(115)61-94(71,6)96(82,138-86)81(116)62-103-89(120)66(4)104-91(122)87(65(2)3)106-90(121)76(18-15-16-29-100-85(119)64-135-79-20-14-12-13-19-78-88(79)108-110-112(78)34-41-129-47-53-134-57-55-130-48-42-124-36-26-83(117)101-30-35-113(8,9)10)105-84(118)27-37-125-43-49-131-54-56-133-51-45-127-39-32-102-92(123)136-63-70-68-21-23-75-77(24-22-69(68)70)111(109-107-75)33-40-128-46-52-132-50-44-126-38-31-99-7/h25,28,58,65-66,68-72,74,76,79-80,82,86-87,99,107-110,115H,11-24,26-27,29-57,59-64H2,1-10H3,(H6-,100,101,102,103,104,105,106,117,118,119,120,121,122,123)/p+1/t66-,68-,69+,70-,71-,72-,74-,76+,79?,80-,82+,86?,87-,93-,94-,95-,96+/m0/s1. The second-order valence-corrected chi connectivity index (χ2v) is 39.1. The number of fused-ring (bicyclic) bond motifs is 8. The Hall–Kier alpha value is -7.31. The van der Waals surface area contributed by atoms with E-state index in [0.717, 1.165) is 86.4 Å². The van der Waals surface area contributed by atoms with E-state index in [9.17, 15) is 43.5 Å². The van der Waals surface area contributed by atoms with E-state index in [0.29, 0.717) is 188 Å². The molecule has 0 aromatic heterocycles. The number of rotatable bonds is 67. The number of halogens is 2. The number of amides is 7. The van der Waals surface area contributed by atoms with Gasteiger partial charge in [-0.1, -0.05) is 53.0 Å². The molecule has 10 aliphatic rings. The summed E-state index contributed by atoms with van der Waals surface area (Å²) < 4.78 is 123. The van der Waals surface area contributed by atoms with Gasteiger partial charge in [0.25, 0.3) is 0 Å². The van der Waals surface area contributed by atoms with Crippen LogP contribution in [0.3, 0.4) is 0 Å². The van der Waals surface area contributed by atoms with Crippen LogP contribution in [0, 0.1) is 46.3 Å². The monoisotopic (exact) mass is 1960 g/mol. The largest absolute Gasteiger partial charge is 0.449 e. The molecular formula is C96H162F2N15O25+. The normalized spacial score (nSPS) is 27.0. The molecule has 42 heteroatoms. The fraction of sp³-hybridized carbons (Fsp3) is 0.823. The number of ketones is 2. The summed E-state index contributed by atoms with van der Waals surface area (Å²) in [7, 11) is 8.11. The molecule has 3 heterocycles. The number of ether oxygens (including phenoxy) is 15. The lowest BCUT2D eigenvalue weighted by Gasteiger charge is -2.63. The molecular weight excluding hydrogens is 1800 g/mol. The van der Waals surface area contributed by atoms with Crippen molar-refractivity contribution in [3.63, 3.8) is 0 Å². The first-order chi connectivity index (χ1) is 66.5. The number of aliphatic hydroxyl groups excluding tert-OH is 1. The van der Waals surface area contributed by atoms with Crippen LogP contribution in [0.15, 0.2) is 46.6 Å². The van der Waals surface area contributed by atoms with E-state index in [1.165, 1.54) is 37.4 Å². The first-order valence-electron chi connectivity index (χ1n) is 50.4. The molecule has 4 saturated carbocycles. The molecule has 1 saturated heterocycles. The summed E-state index contributed by atoms with van der Waals surface area (Å²) in [4.78, 5) is 122. The lowest BCUT2D eigenvalue weighted by Crippen LogP contribution is -2.71. The second-order valence-electron chi connectivity index (χ2n) is 39.1. The van der Waals surface area contributed by atoms with E-state index < -0.39 is 130 Å². The van der Waals surface area contributed by atoms with Gasteiger partial charge in [0.05, 0.1) is 235 Å². The number of hydrogen-bond donors (Lipinski definition) is 13. The van der Waals surface area contributed by atoms with Crippen molar-refractivity contribution < 1.29 is 133 Å². The Morgan fingerprint density at radius 1 is 0.616 bits per heavy atom. The first-order valence-corrected chi connectivity index (χ1v) is 50.4. The molecule has 17 atom stereocenters. The number of hydrogen-bond acceptors (Lipinski definition) is 32. The number of quaternary nitrogens is 1. The van der Waals surface area contributed by atoms with E-state index in [1.807, 2.05) is 19.0 Å². The Kier molecular flexibility index (Phi) is 46.7. The predicted octanol–water partition coefficient (Wildman–Crippen LogP) is 2.89. The van der Waals surface area contributed by atoms with Crippen molar-refractivity contribution in [2.75, 3.05) is 239 Å². The number of likely N-dealkylation sites (N-methyl/N-ethyl adjacent to an activating group) is 2. The SMILES string of the molecule is CCCC1O[C@@H]2C[C@H]3[C@@H]4C[C@H](F)C5=CC(=O)C=C[C@]5(C)[C@@]4(F)[C@@H](O)C[C@]3(C)[C@]2(C(=O)CNC(=O)[C@H](C)NC(=O)[C@@H](NC(=O)[C@@H](CCCCNC(=O)COC2CCCCCC3=C2NNN3CCOCCOCCOCCOCCC(=O)NCC[N+](C)(C)C)NC(=O)CCOCCOCCOCCOCCNC(=O)OC[C@@H]2[C@@H]3CCC4=C(CC[C@@H]32)NNN4CCOCCOCCOCCNC)C(C)C)O1. The average Bonchev–Trinajstić information content (AvgIpc) is 1.46. The maximum Gasteiger partial charge on any atom is 0.407 e. The number of carbonyl (C=O) groups excluding carboxylic acids is 9. The zero-order valence-corrected chi connectivity index (χ0v) is 83.2. The zero-order chi connectivity index (χ0) is 99.1. The first kappa shape index (κ1) is 113. The number of Topliss-reactive ketones (excluding diaryl/α,β-unsaturated/α-hetero) is 1. The zero-order valence-electron chi connectivity index (χ0n) is 83.2. The summed E-state index contributed by atoms with van der Waals surface area (Å²) in [5.74, 6) is -5.26. The molecule has 13 N–H and O–H groups in total. The molecule has 0 spiro atoms. The van der Waals surface area contributed by atoms with Crippen LogP contribution < -0.4 is 64.5 Å². The topological polar surface area (TPSA) is 463 Å². The highest BCUT2D eigenvalue weighted by molar-refractivity contribution is 6.01. The van der Waals surface area contributed by atoms with Crippen LogP contribution in [0.2, 0.25) is 0 Å². The van der Waals surface area contributed by atoms with Crippen molar-refractivity contribution in [2.24, 2.45) is 46.3 Å². The van der Waals surface area contributed by atoms with Crippen molar-refractivity contribution in [3.05, 3.63) is 46.6 Å². The van der Waals surface area contributed by atoms with Crippen molar-refractivity contribution in [3.8, 4) is 0 Å². The number of nitrogens with one attached hydrogen (secondary N) is 12. The summed E-state index contributed by atoms with van der Waals surface area (Å²) in [6, 6.07) is -3.70. The third-order valence-corrected chi connectivity index (χ3v) is 28.1. The Morgan fingerprint density at radius 2 is 1.20 bits per heavy atom. The van der Waals surface area contributed by atoms with Crippen LogP contribution in [-0.4, -0.2) is 372 Å². The van der Waals surface area contributed by atoms with Gasteiger partial charge in [0.15, 0.2) is 29.1 Å². The second kappa shape index (κ2) is 57.3. The Balaban J connectivity index is 0.623. The molecule has 7 amide bonds. The summed E-state index contributed by atoms with van der Waals surface area (Å²) in [5.41, 5.74) is 10.3. The maximum absolute atomic E-state index is 18.2. The van der Waals surface area contributed by atoms with Gasteiger partial charge in [0.2, 0.25) is 35.4 Å². The number of carbonyl (C=O) groups is 9. The van der Waals surface area contributed by atoms with Gasteiger partial charge in [-0.25, -0.2) is 13.6 Å². The van der Waals surface area contributed by atoms with Crippen molar-refractivity contribution in [1.29, 1.82) is 0 Å². The Bertz CT molecular complexity index is 3990. The molecule has 0 aromatic rings. The van der Waals surface area contributed by atoms with Gasteiger partial charge in [-0.15, -0.1) is 11.1 Å². The highest BCUT2D eigenvalue weighted by atomic mass is 19.1. The van der Waals surface area contributed by atoms with Crippen LogP contribution >= 0.6 is 0 Å². The predicted molar refractivity (Wildman–Crippen MR) is 502 cm³/mol. The molecule has 0 aromatic carbocycles. The number of alkyl carbamates (subject to hydrolysis) is 1. The Labute approximate surface area is 812 Å². The maximum atomic E-state index is 18.2. The van der Waals surface area contributed by atoms with Crippen molar-refractivity contribution in [2.45, 2.75) is 224 Å². The summed E-state index contributed by atoms with van der Waals surface area (Å²) in [6.07, 6.45) is 7.23. The van der Waals surface area contributed by atoms with Crippen molar-refractivity contribution >= 4 is 53.1 Å². The smallest absolute Gasteiger partial charge is 0.407 e. The average molecular weight is 1960 g/mol. The third-order valence-electron chi connectivity index (χ3n) is 28.1. The molecule has 138 heavy (non-hydrogen) atoms. The van der Waals surface area contributed by atoms with Crippen LogP contribution in [0.1, 0.15) is 164 Å². The number of hydrazine groups is 4. The fourth-order valence-corrected chi connectivity index (χ4v) is 20.5. The minimum Gasteiger partial charge on any atom is -0.449 e. The molecule has 7 aliphatic carbocycles. The van der Waals surface area contributed by atoms with E-state index in [4.69, 9.17) is 71.1 Å². The number of aliphatic hydroxyl groups is 1. The summed E-state index contributed by atoms with van der Waals surface area (Å²) >= 11 is 0. The molecule has 10 rings (SSSR count). The summed E-state index contributed by atoms with van der Waals surface area (Å²) in [6.45, 7) is 21.7. The van der Waals surface area contributed by atoms with Crippen LogP contribution in [0.4, 0.5) is 13.6 Å². The number of unbranched alkanes of at least 4 members (excludes halogenated alkanes) is 1. The minimum absolute atomic E-state index is 0.0220. The highest BCUT2D eigenvalue weighted by Gasteiger charge is 2.80. The number of nitrogens with zero attached hydrogens (tertiary/aromatic N) is 3. The van der Waals surface area contributed by atoms with E-state index in [1.54, 1.807) is 20.8 Å². The van der Waals surface area contributed by atoms with E-state index in [2.05, 4.69) is 90.6 Å². The van der Waals surface area contributed by atoms with Gasteiger partial charge in [-0.05, 0) is 158 Å². The quantitative estimate of drug-likeness (QED) is 0.0307. The molecule has 3 aliphatic heterocycles. The molecule has 784 valence electrons. The van der Waals surface area contributed by atoms with E-state index >= 15 is 13.6 Å². The van der Waals surface area contributed by atoms with Gasteiger partial charge in [-0.3, -0.25) is 48.4 Å². The fourth-order valence-electron chi connectivity index (χ4n) is 20.5. The molecule has 0 bridgehead atoms. The molecule has 40 nitrogen and oxygen atoms in total. The number of alkyl halides is 2. The lowest BCUT2D eigenvalue weighted by atomic mass is 9.44. The number of allylic oxidation sites excluding steroid dienone is 7.